The van der Waals surface area contributed by atoms with Gasteiger partial charge in [0.05, 0.1) is 0 Å². The fourth-order valence-electron chi connectivity index (χ4n) is 2.91. The lowest BCUT2D eigenvalue weighted by atomic mass is 10.1. The summed E-state index contributed by atoms with van der Waals surface area (Å²) in [5.41, 5.74) is 0. The van der Waals surface area contributed by atoms with Crippen LogP contribution in [-0.4, -0.2) is 43.2 Å². The van der Waals surface area contributed by atoms with Gasteiger partial charge in [-0.25, -0.2) is 0 Å². The van der Waals surface area contributed by atoms with Gasteiger partial charge in [0, 0.05) is 26.2 Å². The van der Waals surface area contributed by atoms with Gasteiger partial charge in [0.2, 0.25) is 0 Å². The van der Waals surface area contributed by atoms with E-state index in [4.69, 9.17) is 0 Å². The number of nitrogens with zero attached hydrogens (tertiary/aromatic N) is 2. The Morgan fingerprint density at radius 2 is 1.47 bits per heavy atom. The second-order valence-corrected chi connectivity index (χ2v) is 7.26. The molecule has 1 heterocycles. The van der Waals surface area contributed by atoms with Crippen molar-refractivity contribution in [3.63, 3.8) is 0 Å². The summed E-state index contributed by atoms with van der Waals surface area (Å²) in [5, 5.41) is 0. The van der Waals surface area contributed by atoms with Gasteiger partial charge < -0.3 is 0 Å². The largest absolute Gasteiger partial charge is 0.281 e. The smallest absolute Gasteiger partial charge is 0.195 e. The Morgan fingerprint density at radius 3 is 2.00 bits per heavy atom. The minimum Gasteiger partial charge on any atom is -0.195 e. The Morgan fingerprint density at radius 1 is 0.941 bits per heavy atom. The summed E-state index contributed by atoms with van der Waals surface area (Å²) in [7, 11) is -1.42. The molecule has 2 fully saturated rings. The lowest BCUT2D eigenvalue weighted by molar-refractivity contribution is 0.308. The minimum absolute atomic E-state index is 0.225. The fourth-order valence-corrected chi connectivity index (χ4v) is 4.58. The standard InChI is InChI=1S/C12H24N2O2S/c1-13(12-8-4-2-3-5-9-12)17(15,16)14-10-6-7-11-14/h12H,2-11H2,1H3. The summed E-state index contributed by atoms with van der Waals surface area (Å²) in [6, 6.07) is 0.225. The lowest BCUT2D eigenvalue weighted by Crippen LogP contribution is -2.45. The Hall–Kier alpha value is -0.130. The second kappa shape index (κ2) is 5.67. The van der Waals surface area contributed by atoms with Crippen LogP contribution in [0.5, 0.6) is 0 Å². The second-order valence-electron chi connectivity index (χ2n) is 5.28. The van der Waals surface area contributed by atoms with Gasteiger partial charge in [-0.15, -0.1) is 0 Å². The van der Waals surface area contributed by atoms with E-state index in [1.54, 1.807) is 15.7 Å². The average molecular weight is 260 g/mol. The van der Waals surface area contributed by atoms with Crippen molar-refractivity contribution in [2.24, 2.45) is 0 Å². The molecule has 0 aromatic heterocycles. The van der Waals surface area contributed by atoms with E-state index in [-0.39, 0.29) is 6.04 Å². The summed E-state index contributed by atoms with van der Waals surface area (Å²) in [6.07, 6.45) is 8.94. The van der Waals surface area contributed by atoms with Crippen LogP contribution < -0.4 is 0 Å². The first kappa shape index (κ1) is 13.3. The van der Waals surface area contributed by atoms with Gasteiger partial charge in [-0.2, -0.15) is 17.0 Å². The number of hydrogen-bond acceptors (Lipinski definition) is 2. The van der Waals surface area contributed by atoms with Crippen LogP contribution in [0.15, 0.2) is 0 Å². The van der Waals surface area contributed by atoms with E-state index in [1.807, 2.05) is 0 Å². The molecule has 0 N–H and O–H groups in total. The Labute approximate surface area is 105 Å². The molecule has 100 valence electrons. The van der Waals surface area contributed by atoms with Crippen molar-refractivity contribution in [3.05, 3.63) is 0 Å². The van der Waals surface area contributed by atoms with Crippen molar-refractivity contribution in [2.45, 2.75) is 57.4 Å². The van der Waals surface area contributed by atoms with Gasteiger partial charge in [-0.05, 0) is 25.7 Å². The molecular formula is C12H24N2O2S. The van der Waals surface area contributed by atoms with Gasteiger partial charge in [0.15, 0.2) is 0 Å². The van der Waals surface area contributed by atoms with Crippen molar-refractivity contribution in [3.8, 4) is 0 Å². The molecule has 1 aliphatic carbocycles. The van der Waals surface area contributed by atoms with E-state index < -0.39 is 10.2 Å². The van der Waals surface area contributed by atoms with E-state index in [0.29, 0.717) is 13.1 Å². The van der Waals surface area contributed by atoms with E-state index in [2.05, 4.69) is 0 Å². The normalized spacial score (nSPS) is 25.3. The van der Waals surface area contributed by atoms with Gasteiger partial charge in [-0.1, -0.05) is 25.7 Å². The molecule has 0 atom stereocenters. The van der Waals surface area contributed by atoms with Gasteiger partial charge in [0.25, 0.3) is 10.2 Å². The zero-order valence-corrected chi connectivity index (χ0v) is 11.6. The predicted octanol–water partition coefficient (Wildman–Crippen LogP) is 1.98. The summed E-state index contributed by atoms with van der Waals surface area (Å²) >= 11 is 0. The molecular weight excluding hydrogens is 236 g/mol. The Balaban J connectivity index is 2.03. The van der Waals surface area contributed by atoms with Crippen molar-refractivity contribution in [1.29, 1.82) is 0 Å². The maximum Gasteiger partial charge on any atom is 0.281 e. The molecule has 2 rings (SSSR count). The topological polar surface area (TPSA) is 40.6 Å². The lowest BCUT2D eigenvalue weighted by Gasteiger charge is -2.30. The van der Waals surface area contributed by atoms with Crippen LogP contribution in [0.2, 0.25) is 0 Å². The summed E-state index contributed by atoms with van der Waals surface area (Å²) in [4.78, 5) is 0. The zero-order chi connectivity index (χ0) is 12.3. The third kappa shape index (κ3) is 3.01. The number of rotatable bonds is 3. The highest BCUT2D eigenvalue weighted by Gasteiger charge is 2.33. The molecule has 0 unspecified atom stereocenters. The molecule has 0 bridgehead atoms. The summed E-state index contributed by atoms with van der Waals surface area (Å²) in [5.74, 6) is 0. The maximum absolute atomic E-state index is 12.4. The Kier molecular flexibility index (Phi) is 4.44. The van der Waals surface area contributed by atoms with Crippen LogP contribution in [0.25, 0.3) is 0 Å². The molecule has 1 saturated heterocycles. The highest BCUT2D eigenvalue weighted by molar-refractivity contribution is 7.86. The maximum atomic E-state index is 12.4. The quantitative estimate of drug-likeness (QED) is 0.728. The first-order chi connectivity index (χ1) is 8.12. The van der Waals surface area contributed by atoms with Gasteiger partial charge in [-0.3, -0.25) is 0 Å². The van der Waals surface area contributed by atoms with Crippen LogP contribution in [0.4, 0.5) is 0 Å². The molecule has 4 nitrogen and oxygen atoms in total. The molecule has 0 spiro atoms. The average Bonchev–Trinajstić information content (AvgIpc) is 2.72. The van der Waals surface area contributed by atoms with Gasteiger partial charge >= 0.3 is 0 Å². The number of hydrogen-bond donors (Lipinski definition) is 0. The van der Waals surface area contributed by atoms with E-state index in [0.717, 1.165) is 25.7 Å². The fraction of sp³-hybridized carbons (Fsp3) is 1.00. The third-order valence-electron chi connectivity index (χ3n) is 4.09. The van der Waals surface area contributed by atoms with Crippen LogP contribution in [0.3, 0.4) is 0 Å². The van der Waals surface area contributed by atoms with Crippen molar-refractivity contribution in [1.82, 2.24) is 8.61 Å². The molecule has 0 aromatic rings. The molecule has 5 heteroatoms. The molecule has 0 aromatic carbocycles. The zero-order valence-electron chi connectivity index (χ0n) is 10.8. The summed E-state index contributed by atoms with van der Waals surface area (Å²) in [6.45, 7) is 1.42. The minimum atomic E-state index is -3.19. The van der Waals surface area contributed by atoms with E-state index in [9.17, 15) is 8.42 Å². The first-order valence-corrected chi connectivity index (χ1v) is 8.25. The van der Waals surface area contributed by atoms with Crippen LogP contribution in [-0.2, 0) is 10.2 Å². The van der Waals surface area contributed by atoms with Crippen LogP contribution >= 0.6 is 0 Å². The monoisotopic (exact) mass is 260 g/mol. The predicted molar refractivity (Wildman–Crippen MR) is 69.0 cm³/mol. The summed E-state index contributed by atoms with van der Waals surface area (Å²) < 4.78 is 28.1. The third-order valence-corrected chi connectivity index (χ3v) is 6.14. The van der Waals surface area contributed by atoms with E-state index >= 15 is 0 Å². The van der Waals surface area contributed by atoms with Crippen molar-refractivity contribution in [2.75, 3.05) is 20.1 Å². The molecule has 17 heavy (non-hydrogen) atoms. The highest BCUT2D eigenvalue weighted by atomic mass is 32.2. The van der Waals surface area contributed by atoms with Gasteiger partial charge in [0.1, 0.15) is 0 Å². The molecule has 2 aliphatic rings. The SMILES string of the molecule is CN(C1CCCCCC1)S(=O)(=O)N1CCCC1. The molecule has 1 saturated carbocycles. The van der Waals surface area contributed by atoms with E-state index in [1.165, 1.54) is 25.7 Å². The molecule has 1 aliphatic heterocycles. The first-order valence-electron chi connectivity index (χ1n) is 6.85. The van der Waals surface area contributed by atoms with Crippen LogP contribution in [0.1, 0.15) is 51.4 Å². The highest BCUT2D eigenvalue weighted by Crippen LogP contribution is 2.25. The van der Waals surface area contributed by atoms with Crippen LogP contribution in [0, 0.1) is 0 Å². The Bertz CT molecular complexity index is 328. The molecule has 0 radical (unpaired) electrons. The molecule has 0 amide bonds. The van der Waals surface area contributed by atoms with Crippen molar-refractivity contribution >= 4 is 10.2 Å². The van der Waals surface area contributed by atoms with Crippen molar-refractivity contribution < 1.29 is 8.42 Å².